The number of nitrogens with zero attached hydrogens (tertiary/aromatic N) is 1. The third kappa shape index (κ3) is 2.20. The number of carboxylic acids is 1. The molecular weight excluding hydrogens is 233 g/mol. The fourth-order valence-corrected chi connectivity index (χ4v) is 1.70. The van der Waals surface area contributed by atoms with Crippen molar-refractivity contribution in [1.82, 2.24) is 0 Å². The molecule has 0 radical (unpaired) electrons. The smallest absolute Gasteiger partial charge is 0.336 e. The second kappa shape index (κ2) is 4.68. The highest BCUT2D eigenvalue weighted by molar-refractivity contribution is 5.96. The van der Waals surface area contributed by atoms with Gasteiger partial charge in [0.05, 0.1) is 17.2 Å². The highest BCUT2D eigenvalue weighted by Crippen LogP contribution is 2.25. The number of hydrogen-bond acceptors (Lipinski definition) is 2. The van der Waals surface area contributed by atoms with Crippen LogP contribution in [-0.2, 0) is 0 Å². The molecule has 0 aromatic heterocycles. The van der Waals surface area contributed by atoms with E-state index in [-0.39, 0.29) is 5.56 Å². The van der Waals surface area contributed by atoms with Gasteiger partial charge in [-0.15, -0.1) is 0 Å². The molecule has 0 aliphatic carbocycles. The Kier molecular flexibility index (Phi) is 3.07. The summed E-state index contributed by atoms with van der Waals surface area (Å²) in [7, 11) is 0. The Morgan fingerprint density at radius 2 is 2.00 bits per heavy atom. The van der Waals surface area contributed by atoms with Crippen LogP contribution >= 0.6 is 0 Å². The molecule has 0 fully saturated rings. The van der Waals surface area contributed by atoms with Gasteiger partial charge in [-0.05, 0) is 35.4 Å². The second-order valence-corrected chi connectivity index (χ2v) is 3.69. The van der Waals surface area contributed by atoms with Crippen molar-refractivity contribution in [2.24, 2.45) is 0 Å². The summed E-state index contributed by atoms with van der Waals surface area (Å²) in [6.45, 7) is 0. The molecule has 0 aliphatic heterocycles. The largest absolute Gasteiger partial charge is 0.478 e. The van der Waals surface area contributed by atoms with Crippen LogP contribution in [0.25, 0.3) is 11.1 Å². The zero-order chi connectivity index (χ0) is 13.1. The first kappa shape index (κ1) is 11.8. The van der Waals surface area contributed by atoms with Gasteiger partial charge in [-0.1, -0.05) is 18.2 Å². The molecule has 2 aromatic rings. The van der Waals surface area contributed by atoms with E-state index < -0.39 is 11.8 Å². The lowest BCUT2D eigenvalue weighted by Gasteiger charge is -2.06. The van der Waals surface area contributed by atoms with Gasteiger partial charge in [0.15, 0.2) is 0 Å². The molecule has 0 spiro atoms. The average Bonchev–Trinajstić information content (AvgIpc) is 2.38. The number of halogens is 1. The normalized spacial score (nSPS) is 9.78. The maximum Gasteiger partial charge on any atom is 0.336 e. The predicted octanol–water partition coefficient (Wildman–Crippen LogP) is 3.06. The first-order valence-electron chi connectivity index (χ1n) is 5.15. The Morgan fingerprint density at radius 1 is 1.22 bits per heavy atom. The van der Waals surface area contributed by atoms with Crippen molar-refractivity contribution >= 4 is 5.97 Å². The van der Waals surface area contributed by atoms with E-state index in [0.29, 0.717) is 16.7 Å². The van der Waals surface area contributed by atoms with E-state index in [1.54, 1.807) is 24.3 Å². The summed E-state index contributed by atoms with van der Waals surface area (Å²) in [6, 6.07) is 12.1. The molecule has 0 saturated carbocycles. The number of benzene rings is 2. The molecule has 2 rings (SSSR count). The monoisotopic (exact) mass is 241 g/mol. The highest BCUT2D eigenvalue weighted by atomic mass is 19.1. The molecule has 0 unspecified atom stereocenters. The fraction of sp³-hybridized carbons (Fsp3) is 0. The van der Waals surface area contributed by atoms with Crippen molar-refractivity contribution in [3.8, 4) is 17.2 Å². The third-order valence-corrected chi connectivity index (χ3v) is 2.51. The van der Waals surface area contributed by atoms with E-state index in [1.807, 2.05) is 6.07 Å². The van der Waals surface area contributed by atoms with Crippen molar-refractivity contribution < 1.29 is 14.3 Å². The second-order valence-electron chi connectivity index (χ2n) is 3.69. The molecule has 18 heavy (non-hydrogen) atoms. The Labute approximate surface area is 103 Å². The number of aromatic carboxylic acids is 1. The summed E-state index contributed by atoms with van der Waals surface area (Å²) >= 11 is 0. The lowest BCUT2D eigenvalue weighted by atomic mass is 9.98. The van der Waals surface area contributed by atoms with E-state index in [9.17, 15) is 9.18 Å². The topological polar surface area (TPSA) is 61.1 Å². The van der Waals surface area contributed by atoms with E-state index in [0.717, 1.165) is 6.07 Å². The summed E-state index contributed by atoms with van der Waals surface area (Å²) in [5.41, 5.74) is 1.27. The molecule has 0 bridgehead atoms. The highest BCUT2D eigenvalue weighted by Gasteiger charge is 2.13. The Bertz CT molecular complexity index is 659. The zero-order valence-electron chi connectivity index (χ0n) is 9.22. The van der Waals surface area contributed by atoms with Crippen LogP contribution in [0.2, 0.25) is 0 Å². The average molecular weight is 241 g/mol. The molecule has 1 N–H and O–H groups in total. The van der Waals surface area contributed by atoms with E-state index >= 15 is 0 Å². The van der Waals surface area contributed by atoms with Crippen LogP contribution in [0.3, 0.4) is 0 Å². The molecule has 88 valence electrons. The van der Waals surface area contributed by atoms with Crippen molar-refractivity contribution in [3.05, 3.63) is 59.4 Å². The minimum atomic E-state index is -1.20. The summed E-state index contributed by atoms with van der Waals surface area (Å²) in [4.78, 5) is 11.1. The number of nitriles is 1. The molecule has 0 heterocycles. The quantitative estimate of drug-likeness (QED) is 0.878. The van der Waals surface area contributed by atoms with Gasteiger partial charge in [0.25, 0.3) is 0 Å². The molecule has 3 nitrogen and oxygen atoms in total. The molecule has 0 amide bonds. The van der Waals surface area contributed by atoms with Crippen molar-refractivity contribution in [3.63, 3.8) is 0 Å². The number of carbonyl (C=O) groups is 1. The lowest BCUT2D eigenvalue weighted by molar-refractivity contribution is 0.0697. The van der Waals surface area contributed by atoms with Gasteiger partial charge in [0.2, 0.25) is 0 Å². The van der Waals surface area contributed by atoms with Gasteiger partial charge in [-0.2, -0.15) is 5.26 Å². The number of rotatable bonds is 2. The maximum absolute atomic E-state index is 13.1. The zero-order valence-corrected chi connectivity index (χ0v) is 9.22. The lowest BCUT2D eigenvalue weighted by Crippen LogP contribution is -2.00. The van der Waals surface area contributed by atoms with Gasteiger partial charge >= 0.3 is 5.97 Å². The standard InChI is InChI=1S/C14H8FNO2/c15-11-4-5-12(13(7-11)14(17)18)10-3-1-2-9(6-10)8-16/h1-7H,(H,17,18). The van der Waals surface area contributed by atoms with E-state index in [1.165, 1.54) is 12.1 Å². The first-order chi connectivity index (χ1) is 8.61. The Hall–Kier alpha value is -2.67. The van der Waals surface area contributed by atoms with Crippen LogP contribution in [-0.4, -0.2) is 11.1 Å². The first-order valence-corrected chi connectivity index (χ1v) is 5.15. The van der Waals surface area contributed by atoms with Crippen molar-refractivity contribution in [2.45, 2.75) is 0 Å². The summed E-state index contributed by atoms with van der Waals surface area (Å²) in [6.07, 6.45) is 0. The van der Waals surface area contributed by atoms with Crippen LogP contribution in [0.4, 0.5) is 4.39 Å². The van der Waals surface area contributed by atoms with Crippen molar-refractivity contribution in [2.75, 3.05) is 0 Å². The minimum Gasteiger partial charge on any atom is -0.478 e. The summed E-state index contributed by atoms with van der Waals surface area (Å²) < 4.78 is 13.1. The van der Waals surface area contributed by atoms with E-state index in [4.69, 9.17) is 10.4 Å². The van der Waals surface area contributed by atoms with Gasteiger partial charge < -0.3 is 5.11 Å². The van der Waals surface area contributed by atoms with Crippen LogP contribution in [0.1, 0.15) is 15.9 Å². The van der Waals surface area contributed by atoms with Crippen LogP contribution in [0.15, 0.2) is 42.5 Å². The molecular formula is C14H8FNO2. The fourth-order valence-electron chi connectivity index (χ4n) is 1.70. The van der Waals surface area contributed by atoms with Crippen LogP contribution in [0, 0.1) is 17.1 Å². The molecule has 2 aromatic carbocycles. The minimum absolute atomic E-state index is 0.120. The SMILES string of the molecule is N#Cc1cccc(-c2ccc(F)cc2C(=O)O)c1. The van der Waals surface area contributed by atoms with Gasteiger partial charge in [0.1, 0.15) is 5.82 Å². The third-order valence-electron chi connectivity index (χ3n) is 2.51. The Balaban J connectivity index is 2.63. The van der Waals surface area contributed by atoms with Gasteiger partial charge in [-0.3, -0.25) is 0 Å². The molecule has 0 aliphatic rings. The van der Waals surface area contributed by atoms with Crippen LogP contribution in [0.5, 0.6) is 0 Å². The summed E-state index contributed by atoms with van der Waals surface area (Å²) in [5, 5.41) is 17.9. The summed E-state index contributed by atoms with van der Waals surface area (Å²) in [5.74, 6) is -1.81. The van der Waals surface area contributed by atoms with Crippen molar-refractivity contribution in [1.29, 1.82) is 5.26 Å². The van der Waals surface area contributed by atoms with Crippen LogP contribution < -0.4 is 0 Å². The number of hydrogen-bond donors (Lipinski definition) is 1. The van der Waals surface area contributed by atoms with Gasteiger partial charge in [-0.25, -0.2) is 9.18 Å². The Morgan fingerprint density at radius 3 is 2.67 bits per heavy atom. The molecule has 4 heteroatoms. The number of carboxylic acid groups (broad SMARTS) is 1. The predicted molar refractivity (Wildman–Crippen MR) is 63.5 cm³/mol. The maximum atomic E-state index is 13.1. The van der Waals surface area contributed by atoms with E-state index in [2.05, 4.69) is 0 Å². The molecule has 0 saturated heterocycles. The van der Waals surface area contributed by atoms with Gasteiger partial charge in [0, 0.05) is 0 Å². The molecule has 0 atom stereocenters.